The fraction of sp³-hybridized carbons (Fsp3) is 0.348. The van der Waals surface area contributed by atoms with Crippen LogP contribution >= 0.6 is 0 Å². The van der Waals surface area contributed by atoms with Crippen molar-refractivity contribution < 1.29 is 0 Å². The van der Waals surface area contributed by atoms with Crippen LogP contribution in [0.2, 0.25) is 0 Å². The minimum absolute atomic E-state index is 0.729. The Hall–Kier alpha value is -2.55. The molecule has 0 bridgehead atoms. The summed E-state index contributed by atoms with van der Waals surface area (Å²) in [5.41, 5.74) is 4.65. The second-order valence-electron chi connectivity index (χ2n) is 6.20. The summed E-state index contributed by atoms with van der Waals surface area (Å²) in [6.07, 6.45) is 3.57. The van der Waals surface area contributed by atoms with E-state index in [9.17, 15) is 0 Å². The smallest absolute Gasteiger partial charge is 0.163 e. The van der Waals surface area contributed by atoms with E-state index >= 15 is 0 Å². The molecule has 0 saturated heterocycles. The van der Waals surface area contributed by atoms with Gasteiger partial charge in [-0.25, -0.2) is 15.0 Å². The maximum absolute atomic E-state index is 4.67. The first-order chi connectivity index (χ1) is 12.7. The van der Waals surface area contributed by atoms with Gasteiger partial charge in [-0.1, -0.05) is 81.3 Å². The minimum Gasteiger partial charge on any atom is -0.213 e. The Bertz CT molecular complexity index is 806. The summed E-state index contributed by atoms with van der Waals surface area (Å²) in [5, 5.41) is 0. The number of hydrogen-bond donors (Lipinski definition) is 0. The predicted molar refractivity (Wildman–Crippen MR) is 110 cm³/mol. The zero-order chi connectivity index (χ0) is 18.9. The second kappa shape index (κ2) is 9.81. The molecule has 0 spiro atoms. The molecule has 3 nitrogen and oxygen atoms in total. The van der Waals surface area contributed by atoms with Gasteiger partial charge in [0.05, 0.1) is 0 Å². The Morgan fingerprint density at radius 3 is 1.69 bits per heavy atom. The van der Waals surface area contributed by atoms with Crippen LogP contribution in [-0.2, 0) is 6.42 Å². The molecule has 26 heavy (non-hydrogen) atoms. The van der Waals surface area contributed by atoms with E-state index in [0.29, 0.717) is 0 Å². The molecular formula is C23H29N3. The molecule has 3 heteroatoms. The molecule has 0 aliphatic heterocycles. The lowest BCUT2D eigenvalue weighted by Gasteiger charge is -2.07. The Kier molecular flexibility index (Phi) is 7.46. The van der Waals surface area contributed by atoms with E-state index < -0.39 is 0 Å². The summed E-state index contributed by atoms with van der Waals surface area (Å²) in [6.45, 7) is 10.2. The van der Waals surface area contributed by atoms with Crippen molar-refractivity contribution in [1.29, 1.82) is 0 Å². The molecule has 0 N–H and O–H groups in total. The molecule has 1 aromatic heterocycles. The van der Waals surface area contributed by atoms with Crippen LogP contribution in [0.5, 0.6) is 0 Å². The molecule has 0 unspecified atom stereocenters. The van der Waals surface area contributed by atoms with Gasteiger partial charge >= 0.3 is 0 Å². The van der Waals surface area contributed by atoms with Gasteiger partial charge in [-0.3, -0.25) is 0 Å². The summed E-state index contributed by atoms with van der Waals surface area (Å²) in [7, 11) is 0. The number of aryl methyl sites for hydroxylation is 3. The molecule has 0 aliphatic carbocycles. The highest BCUT2D eigenvalue weighted by molar-refractivity contribution is 5.61. The highest BCUT2D eigenvalue weighted by Crippen LogP contribution is 2.21. The average Bonchev–Trinajstić information content (AvgIpc) is 2.68. The molecular weight excluding hydrogens is 318 g/mol. The Labute approximate surface area is 157 Å². The summed E-state index contributed by atoms with van der Waals surface area (Å²) in [4.78, 5) is 13.7. The van der Waals surface area contributed by atoms with E-state index in [0.717, 1.165) is 35.0 Å². The van der Waals surface area contributed by atoms with Crippen molar-refractivity contribution >= 4 is 0 Å². The van der Waals surface area contributed by atoms with Gasteiger partial charge in [0.25, 0.3) is 0 Å². The zero-order valence-electron chi connectivity index (χ0n) is 16.6. The number of hydrogen-bond acceptors (Lipinski definition) is 3. The molecule has 0 saturated carbocycles. The molecule has 1 heterocycles. The molecule has 0 amide bonds. The summed E-state index contributed by atoms with van der Waals surface area (Å²) in [6, 6.07) is 16.8. The monoisotopic (exact) mass is 347 g/mol. The van der Waals surface area contributed by atoms with Crippen molar-refractivity contribution in [2.45, 2.75) is 53.9 Å². The molecule has 0 fully saturated rings. The fourth-order valence-corrected chi connectivity index (χ4v) is 2.64. The summed E-state index contributed by atoms with van der Waals surface area (Å²) < 4.78 is 0. The number of benzene rings is 2. The molecule has 0 radical (unpaired) electrons. The van der Waals surface area contributed by atoms with E-state index in [1.54, 1.807) is 0 Å². The Balaban J connectivity index is 0.00000117. The predicted octanol–water partition coefficient (Wildman–Crippen LogP) is 6.19. The largest absolute Gasteiger partial charge is 0.213 e. The molecule has 0 aliphatic rings. The maximum atomic E-state index is 4.67. The first kappa shape index (κ1) is 19.8. The number of rotatable bonds is 5. The van der Waals surface area contributed by atoms with E-state index in [1.807, 2.05) is 20.8 Å². The third-order valence-corrected chi connectivity index (χ3v) is 4.09. The highest BCUT2D eigenvalue weighted by atomic mass is 15.0. The van der Waals surface area contributed by atoms with Crippen molar-refractivity contribution in [2.24, 2.45) is 0 Å². The molecule has 3 rings (SSSR count). The van der Waals surface area contributed by atoms with Gasteiger partial charge in [0, 0.05) is 11.1 Å². The van der Waals surface area contributed by atoms with Crippen LogP contribution in [0.25, 0.3) is 22.8 Å². The van der Waals surface area contributed by atoms with Crippen molar-refractivity contribution in [3.8, 4) is 22.8 Å². The van der Waals surface area contributed by atoms with Gasteiger partial charge in [-0.2, -0.15) is 0 Å². The molecule has 136 valence electrons. The quantitative estimate of drug-likeness (QED) is 0.552. The highest BCUT2D eigenvalue weighted by Gasteiger charge is 2.08. The van der Waals surface area contributed by atoms with Gasteiger partial charge < -0.3 is 0 Å². The van der Waals surface area contributed by atoms with Crippen LogP contribution in [-0.4, -0.2) is 15.0 Å². The van der Waals surface area contributed by atoms with E-state index in [4.69, 9.17) is 0 Å². The van der Waals surface area contributed by atoms with Crippen molar-refractivity contribution in [3.63, 3.8) is 0 Å². The Morgan fingerprint density at radius 2 is 1.19 bits per heavy atom. The van der Waals surface area contributed by atoms with Crippen molar-refractivity contribution in [3.05, 3.63) is 65.5 Å². The van der Waals surface area contributed by atoms with Gasteiger partial charge in [-0.15, -0.1) is 0 Å². The van der Waals surface area contributed by atoms with Crippen LogP contribution in [0.3, 0.4) is 0 Å². The van der Waals surface area contributed by atoms with Crippen LogP contribution in [0.1, 0.15) is 50.6 Å². The third kappa shape index (κ3) is 5.22. The lowest BCUT2D eigenvalue weighted by Crippen LogP contribution is -1.99. The minimum atomic E-state index is 0.729. The number of nitrogens with zero attached hydrogens (tertiary/aromatic N) is 3. The molecule has 3 aromatic rings. The lowest BCUT2D eigenvalue weighted by atomic mass is 10.1. The first-order valence-electron chi connectivity index (χ1n) is 9.55. The number of unbranched alkanes of at least 4 members (excludes halogenated alkanes) is 1. The van der Waals surface area contributed by atoms with Crippen molar-refractivity contribution in [1.82, 2.24) is 15.0 Å². The fourth-order valence-electron chi connectivity index (χ4n) is 2.64. The maximum Gasteiger partial charge on any atom is 0.163 e. The third-order valence-electron chi connectivity index (χ3n) is 4.09. The van der Waals surface area contributed by atoms with E-state index in [2.05, 4.69) is 77.3 Å². The topological polar surface area (TPSA) is 38.7 Å². The summed E-state index contributed by atoms with van der Waals surface area (Å²) in [5.74, 6) is 2.21. The van der Waals surface area contributed by atoms with Crippen LogP contribution in [0.4, 0.5) is 0 Å². The van der Waals surface area contributed by atoms with Gasteiger partial charge in [-0.05, 0) is 32.3 Å². The van der Waals surface area contributed by atoms with Gasteiger partial charge in [0.15, 0.2) is 11.6 Å². The van der Waals surface area contributed by atoms with E-state index in [-0.39, 0.29) is 0 Å². The van der Waals surface area contributed by atoms with Gasteiger partial charge in [0.2, 0.25) is 0 Å². The zero-order valence-corrected chi connectivity index (χ0v) is 16.6. The second-order valence-corrected chi connectivity index (χ2v) is 6.20. The normalized spacial score (nSPS) is 10.2. The van der Waals surface area contributed by atoms with E-state index in [1.165, 1.54) is 24.0 Å². The average molecular weight is 348 g/mol. The summed E-state index contributed by atoms with van der Waals surface area (Å²) >= 11 is 0. The standard InChI is InChI=1S/C21H23N3.C2H6/c1-4-5-6-17-9-13-19(14-10-17)21-23-16(3)22-20(24-21)18-11-7-15(2)8-12-18;1-2/h7-14H,4-6H2,1-3H3;1-2H3. The first-order valence-corrected chi connectivity index (χ1v) is 9.55. The van der Waals surface area contributed by atoms with Crippen LogP contribution in [0, 0.1) is 13.8 Å². The molecule has 0 atom stereocenters. The molecule has 2 aromatic carbocycles. The SMILES string of the molecule is CC.CCCCc1ccc(-c2nc(C)nc(-c3ccc(C)cc3)n2)cc1. The Morgan fingerprint density at radius 1 is 0.692 bits per heavy atom. The number of aromatic nitrogens is 3. The van der Waals surface area contributed by atoms with Gasteiger partial charge in [0.1, 0.15) is 5.82 Å². The van der Waals surface area contributed by atoms with Crippen LogP contribution in [0.15, 0.2) is 48.5 Å². The lowest BCUT2D eigenvalue weighted by molar-refractivity contribution is 0.795. The van der Waals surface area contributed by atoms with Crippen molar-refractivity contribution in [2.75, 3.05) is 0 Å². The van der Waals surface area contributed by atoms with Crippen LogP contribution < -0.4 is 0 Å².